The van der Waals surface area contributed by atoms with Crippen molar-refractivity contribution >= 4 is 11.9 Å². The molecular formula is C11H12FNO3. The van der Waals surface area contributed by atoms with E-state index in [4.69, 9.17) is 5.11 Å². The van der Waals surface area contributed by atoms with Crippen LogP contribution in [-0.4, -0.2) is 23.0 Å². The van der Waals surface area contributed by atoms with Crippen molar-refractivity contribution in [3.05, 3.63) is 35.6 Å². The summed E-state index contributed by atoms with van der Waals surface area (Å²) >= 11 is 0. The van der Waals surface area contributed by atoms with Gasteiger partial charge in [-0.05, 0) is 18.6 Å². The maximum Gasteiger partial charge on any atom is 0.325 e. The summed E-state index contributed by atoms with van der Waals surface area (Å²) in [5.74, 6) is -2.11. The minimum Gasteiger partial charge on any atom is -0.480 e. The summed E-state index contributed by atoms with van der Waals surface area (Å²) < 4.78 is 13.1. The van der Waals surface area contributed by atoms with E-state index < -0.39 is 23.7 Å². The Hall–Kier alpha value is -1.91. The van der Waals surface area contributed by atoms with E-state index >= 15 is 0 Å². The van der Waals surface area contributed by atoms with Crippen molar-refractivity contribution < 1.29 is 19.1 Å². The monoisotopic (exact) mass is 225 g/mol. The summed E-state index contributed by atoms with van der Waals surface area (Å²) in [6.45, 7) is 1.35. The van der Waals surface area contributed by atoms with Gasteiger partial charge in [0.25, 0.3) is 0 Å². The lowest BCUT2D eigenvalue weighted by molar-refractivity contribution is -0.141. The predicted octanol–water partition coefficient (Wildman–Crippen LogP) is 0.957. The maximum absolute atomic E-state index is 13.1. The van der Waals surface area contributed by atoms with Crippen LogP contribution in [0, 0.1) is 5.82 Å². The first-order valence-electron chi connectivity index (χ1n) is 4.76. The summed E-state index contributed by atoms with van der Waals surface area (Å²) in [4.78, 5) is 21.8. The molecule has 0 fully saturated rings. The highest BCUT2D eigenvalue weighted by atomic mass is 19.1. The molecule has 0 unspecified atom stereocenters. The van der Waals surface area contributed by atoms with Crippen LogP contribution in [0.15, 0.2) is 24.3 Å². The zero-order valence-electron chi connectivity index (χ0n) is 8.74. The molecule has 2 N–H and O–H groups in total. The van der Waals surface area contributed by atoms with Crippen LogP contribution in [0.2, 0.25) is 0 Å². The van der Waals surface area contributed by atoms with Gasteiger partial charge in [-0.25, -0.2) is 4.39 Å². The quantitative estimate of drug-likeness (QED) is 0.802. The number of carboxylic acid groups (broad SMARTS) is 1. The van der Waals surface area contributed by atoms with E-state index in [0.717, 1.165) is 0 Å². The SMILES string of the molecule is C[C@@H](NC(=O)Cc1ccccc1F)C(=O)O. The van der Waals surface area contributed by atoms with Crippen LogP contribution in [0.5, 0.6) is 0 Å². The van der Waals surface area contributed by atoms with Gasteiger partial charge >= 0.3 is 5.97 Å². The zero-order chi connectivity index (χ0) is 12.1. The second kappa shape index (κ2) is 5.25. The number of carbonyl (C=O) groups is 2. The van der Waals surface area contributed by atoms with Crippen molar-refractivity contribution in [1.82, 2.24) is 5.32 Å². The molecule has 0 saturated heterocycles. The number of hydrogen-bond donors (Lipinski definition) is 2. The number of hydrogen-bond acceptors (Lipinski definition) is 2. The summed E-state index contributed by atoms with van der Waals surface area (Å²) in [6, 6.07) is 4.91. The van der Waals surface area contributed by atoms with Gasteiger partial charge in [0.15, 0.2) is 0 Å². The molecule has 0 bridgehead atoms. The number of carboxylic acids is 1. The topological polar surface area (TPSA) is 66.4 Å². The van der Waals surface area contributed by atoms with E-state index in [-0.39, 0.29) is 12.0 Å². The van der Waals surface area contributed by atoms with Crippen LogP contribution in [0.25, 0.3) is 0 Å². The molecule has 1 aromatic carbocycles. The molecule has 0 heterocycles. The number of carbonyl (C=O) groups excluding carboxylic acids is 1. The summed E-state index contributed by atoms with van der Waals surface area (Å²) in [5.41, 5.74) is 0.248. The Balaban J connectivity index is 2.59. The minimum absolute atomic E-state index is 0.162. The van der Waals surface area contributed by atoms with Gasteiger partial charge < -0.3 is 10.4 Å². The molecule has 1 amide bonds. The van der Waals surface area contributed by atoms with Crippen molar-refractivity contribution in [3.8, 4) is 0 Å². The number of nitrogens with one attached hydrogen (secondary N) is 1. The molecule has 86 valence electrons. The Morgan fingerprint density at radius 3 is 2.62 bits per heavy atom. The molecule has 4 nitrogen and oxygen atoms in total. The molecule has 0 saturated carbocycles. The lowest BCUT2D eigenvalue weighted by Crippen LogP contribution is -2.39. The lowest BCUT2D eigenvalue weighted by atomic mass is 10.1. The molecule has 0 aliphatic carbocycles. The summed E-state index contributed by atoms with van der Waals surface area (Å²) in [6.07, 6.45) is -0.162. The average Bonchev–Trinajstić information content (AvgIpc) is 2.21. The van der Waals surface area contributed by atoms with Crippen LogP contribution in [-0.2, 0) is 16.0 Å². The van der Waals surface area contributed by atoms with Crippen molar-refractivity contribution in [3.63, 3.8) is 0 Å². The van der Waals surface area contributed by atoms with E-state index in [9.17, 15) is 14.0 Å². The van der Waals surface area contributed by atoms with Crippen molar-refractivity contribution in [1.29, 1.82) is 0 Å². The molecule has 1 rings (SSSR count). The van der Waals surface area contributed by atoms with Gasteiger partial charge in [0.1, 0.15) is 11.9 Å². The highest BCUT2D eigenvalue weighted by Crippen LogP contribution is 2.06. The standard InChI is InChI=1S/C11H12FNO3/c1-7(11(15)16)13-10(14)6-8-4-2-3-5-9(8)12/h2-5,7H,6H2,1H3,(H,13,14)(H,15,16)/t7-/m1/s1. The molecule has 1 aromatic rings. The fraction of sp³-hybridized carbons (Fsp3) is 0.273. The largest absolute Gasteiger partial charge is 0.480 e. The Labute approximate surface area is 92.1 Å². The maximum atomic E-state index is 13.1. The minimum atomic E-state index is -1.12. The van der Waals surface area contributed by atoms with Crippen molar-refractivity contribution in [2.45, 2.75) is 19.4 Å². The Morgan fingerprint density at radius 2 is 2.06 bits per heavy atom. The van der Waals surface area contributed by atoms with E-state index in [0.29, 0.717) is 0 Å². The van der Waals surface area contributed by atoms with Crippen LogP contribution < -0.4 is 5.32 Å². The highest BCUT2D eigenvalue weighted by molar-refractivity contribution is 5.84. The van der Waals surface area contributed by atoms with Gasteiger partial charge in [-0.15, -0.1) is 0 Å². The molecule has 16 heavy (non-hydrogen) atoms. The van der Waals surface area contributed by atoms with Gasteiger partial charge in [-0.2, -0.15) is 0 Å². The highest BCUT2D eigenvalue weighted by Gasteiger charge is 2.14. The third-order valence-electron chi connectivity index (χ3n) is 2.06. The normalized spacial score (nSPS) is 11.9. The van der Waals surface area contributed by atoms with Gasteiger partial charge in [-0.3, -0.25) is 9.59 Å². The number of aliphatic carboxylic acids is 1. The molecule has 0 aliphatic rings. The second-order valence-corrected chi connectivity index (χ2v) is 3.40. The van der Waals surface area contributed by atoms with Crippen LogP contribution in [0.1, 0.15) is 12.5 Å². The van der Waals surface area contributed by atoms with Crippen LogP contribution in [0.3, 0.4) is 0 Å². The number of halogens is 1. The first-order chi connectivity index (χ1) is 7.50. The van der Waals surface area contributed by atoms with Crippen molar-refractivity contribution in [2.75, 3.05) is 0 Å². The van der Waals surface area contributed by atoms with Gasteiger partial charge in [0, 0.05) is 0 Å². The number of benzene rings is 1. The van der Waals surface area contributed by atoms with Crippen molar-refractivity contribution in [2.24, 2.45) is 0 Å². The third kappa shape index (κ3) is 3.34. The first-order valence-corrected chi connectivity index (χ1v) is 4.76. The van der Waals surface area contributed by atoms with E-state index in [1.165, 1.54) is 25.1 Å². The summed E-state index contributed by atoms with van der Waals surface area (Å²) in [5, 5.41) is 10.8. The number of rotatable bonds is 4. The lowest BCUT2D eigenvalue weighted by Gasteiger charge is -2.09. The Morgan fingerprint density at radius 1 is 1.44 bits per heavy atom. The third-order valence-corrected chi connectivity index (χ3v) is 2.06. The van der Waals surface area contributed by atoms with E-state index in [2.05, 4.69) is 5.32 Å². The molecule has 5 heteroatoms. The Bertz CT molecular complexity index is 406. The number of amides is 1. The average molecular weight is 225 g/mol. The molecular weight excluding hydrogens is 213 g/mol. The summed E-state index contributed by atoms with van der Waals surface area (Å²) in [7, 11) is 0. The fourth-order valence-corrected chi connectivity index (χ4v) is 1.17. The van der Waals surface area contributed by atoms with Gasteiger partial charge in [0.05, 0.1) is 6.42 Å². The molecule has 1 atom stereocenters. The zero-order valence-corrected chi connectivity index (χ0v) is 8.74. The smallest absolute Gasteiger partial charge is 0.325 e. The van der Waals surface area contributed by atoms with Gasteiger partial charge in [0.2, 0.25) is 5.91 Å². The molecule has 0 aromatic heterocycles. The Kier molecular flexibility index (Phi) is 3.99. The van der Waals surface area contributed by atoms with E-state index in [1.807, 2.05) is 0 Å². The molecule has 0 aliphatic heterocycles. The predicted molar refractivity (Wildman–Crippen MR) is 55.3 cm³/mol. The molecule has 0 radical (unpaired) electrons. The molecule has 0 spiro atoms. The van der Waals surface area contributed by atoms with Gasteiger partial charge in [-0.1, -0.05) is 18.2 Å². The van der Waals surface area contributed by atoms with Crippen LogP contribution in [0.4, 0.5) is 4.39 Å². The fourth-order valence-electron chi connectivity index (χ4n) is 1.17. The first kappa shape index (κ1) is 12.2. The second-order valence-electron chi connectivity index (χ2n) is 3.40. The van der Waals surface area contributed by atoms with Crippen LogP contribution >= 0.6 is 0 Å². The van der Waals surface area contributed by atoms with E-state index in [1.54, 1.807) is 6.07 Å².